The van der Waals surface area contributed by atoms with E-state index in [2.05, 4.69) is 20.9 Å². The SMILES string of the molecule is CCSc1nc([O-])c2[n+](n1)C(c1cc(Br)ccc1OCc1ccccc1)N(C(C)=O)c1ccccc1-2. The van der Waals surface area contributed by atoms with Crippen LogP contribution in [0.1, 0.15) is 31.1 Å². The van der Waals surface area contributed by atoms with Crippen molar-refractivity contribution in [3.8, 4) is 22.9 Å². The van der Waals surface area contributed by atoms with Crippen LogP contribution < -0.4 is 19.4 Å². The molecule has 3 aromatic carbocycles. The lowest BCUT2D eigenvalue weighted by Crippen LogP contribution is -2.58. The van der Waals surface area contributed by atoms with E-state index in [1.807, 2.05) is 79.7 Å². The van der Waals surface area contributed by atoms with E-state index < -0.39 is 6.17 Å². The van der Waals surface area contributed by atoms with Crippen LogP contribution in [0.4, 0.5) is 5.69 Å². The number of para-hydroxylation sites is 1. The number of benzene rings is 3. The lowest BCUT2D eigenvalue weighted by Gasteiger charge is -2.33. The maximum atomic E-state index is 13.3. The van der Waals surface area contributed by atoms with Crippen molar-refractivity contribution < 1.29 is 19.3 Å². The fourth-order valence-electron chi connectivity index (χ4n) is 4.33. The van der Waals surface area contributed by atoms with Crippen LogP contribution in [0.15, 0.2) is 82.4 Å². The molecular weight excluding hydrogens is 540 g/mol. The Labute approximate surface area is 221 Å². The van der Waals surface area contributed by atoms with Gasteiger partial charge in [0.1, 0.15) is 12.4 Å². The number of fused-ring (bicyclic) bond motifs is 3. The summed E-state index contributed by atoms with van der Waals surface area (Å²) in [5.74, 6) is 0.726. The minimum atomic E-state index is -0.748. The first kappa shape index (κ1) is 24.3. The summed E-state index contributed by atoms with van der Waals surface area (Å²) in [7, 11) is 0. The van der Waals surface area contributed by atoms with Crippen molar-refractivity contribution in [1.82, 2.24) is 10.1 Å². The van der Waals surface area contributed by atoms with Gasteiger partial charge in [0.25, 0.3) is 17.0 Å². The van der Waals surface area contributed by atoms with Gasteiger partial charge in [0.15, 0.2) is 0 Å². The summed E-state index contributed by atoms with van der Waals surface area (Å²) in [5, 5.41) is 18.4. The first-order valence-electron chi connectivity index (χ1n) is 11.5. The minimum absolute atomic E-state index is 0.185. The maximum Gasteiger partial charge on any atom is 0.296 e. The summed E-state index contributed by atoms with van der Waals surface area (Å²) in [5.41, 5.74) is 3.29. The molecule has 36 heavy (non-hydrogen) atoms. The highest BCUT2D eigenvalue weighted by atomic mass is 79.9. The third-order valence-corrected chi connectivity index (χ3v) is 7.03. The number of carbonyl (C=O) groups excluding carboxylic acids is 1. The van der Waals surface area contributed by atoms with Crippen molar-refractivity contribution >= 4 is 39.3 Å². The van der Waals surface area contributed by atoms with E-state index in [0.29, 0.717) is 45.8 Å². The number of carbonyl (C=O) groups is 1. The number of anilines is 1. The highest BCUT2D eigenvalue weighted by Crippen LogP contribution is 2.43. The monoisotopic (exact) mass is 562 g/mol. The van der Waals surface area contributed by atoms with Gasteiger partial charge in [-0.25, -0.2) is 9.88 Å². The molecule has 4 aromatic rings. The van der Waals surface area contributed by atoms with E-state index in [9.17, 15) is 9.90 Å². The zero-order chi connectivity index (χ0) is 25.2. The number of aromatic nitrogens is 3. The molecule has 0 N–H and O–H groups in total. The lowest BCUT2D eigenvalue weighted by molar-refractivity contribution is -0.764. The van der Waals surface area contributed by atoms with E-state index in [-0.39, 0.29) is 11.8 Å². The molecule has 0 saturated carbocycles. The fraction of sp³-hybridized carbons (Fsp3) is 0.185. The van der Waals surface area contributed by atoms with Crippen LogP contribution in [-0.2, 0) is 11.4 Å². The van der Waals surface area contributed by atoms with Crippen molar-refractivity contribution in [3.63, 3.8) is 0 Å². The molecule has 7 nitrogen and oxygen atoms in total. The van der Waals surface area contributed by atoms with Gasteiger partial charge in [-0.2, -0.15) is 0 Å². The molecule has 0 bridgehead atoms. The number of hydrogen-bond donors (Lipinski definition) is 0. The molecule has 0 fully saturated rings. The number of hydrogen-bond acceptors (Lipinski definition) is 6. The van der Waals surface area contributed by atoms with Gasteiger partial charge in [0, 0.05) is 16.5 Å². The third kappa shape index (κ3) is 4.56. The molecule has 1 aromatic heterocycles. The average molecular weight is 563 g/mol. The molecule has 1 unspecified atom stereocenters. The van der Waals surface area contributed by atoms with E-state index in [4.69, 9.17) is 9.84 Å². The fourth-order valence-corrected chi connectivity index (χ4v) is 5.26. The van der Waals surface area contributed by atoms with Crippen LogP contribution in [0.3, 0.4) is 0 Å². The van der Waals surface area contributed by atoms with Gasteiger partial charge >= 0.3 is 0 Å². The quantitative estimate of drug-likeness (QED) is 0.246. The number of thioether (sulfide) groups is 1. The Bertz CT molecular complexity index is 1430. The molecule has 0 aliphatic carbocycles. The number of amides is 1. The minimum Gasteiger partial charge on any atom is -0.854 e. The van der Waals surface area contributed by atoms with Gasteiger partial charge in [-0.05, 0) is 41.6 Å². The summed E-state index contributed by atoms with van der Waals surface area (Å²) in [6.45, 7) is 3.84. The molecular formula is C27H23BrN4O3S. The van der Waals surface area contributed by atoms with Gasteiger partial charge in [-0.15, -0.1) is 0 Å². The van der Waals surface area contributed by atoms with Gasteiger partial charge in [0.05, 0.1) is 22.7 Å². The molecule has 0 spiro atoms. The summed E-state index contributed by atoms with van der Waals surface area (Å²) in [6, 6.07) is 22.9. The molecule has 9 heteroatoms. The molecule has 1 aliphatic heterocycles. The highest BCUT2D eigenvalue weighted by molar-refractivity contribution is 9.10. The smallest absolute Gasteiger partial charge is 0.296 e. The number of halogens is 1. The van der Waals surface area contributed by atoms with Crippen molar-refractivity contribution in [2.75, 3.05) is 10.7 Å². The van der Waals surface area contributed by atoms with Crippen molar-refractivity contribution in [1.29, 1.82) is 0 Å². The van der Waals surface area contributed by atoms with Crippen LogP contribution in [0.2, 0.25) is 0 Å². The number of rotatable bonds is 6. The Morgan fingerprint density at radius 3 is 2.64 bits per heavy atom. The van der Waals surface area contributed by atoms with Crippen LogP contribution in [0.25, 0.3) is 11.3 Å². The highest BCUT2D eigenvalue weighted by Gasteiger charge is 2.45. The standard InChI is InChI=1S/C27H23BrN4O3S/c1-3-36-27-29-25(34)24-20-11-7-8-12-22(20)31(17(2)33)26(32(24)30-27)21-15-19(28)13-14-23(21)35-16-18-9-5-4-6-10-18/h4-15,26H,3,16H2,1-2H3. The van der Waals surface area contributed by atoms with Crippen LogP contribution >= 0.6 is 27.7 Å². The first-order chi connectivity index (χ1) is 17.5. The van der Waals surface area contributed by atoms with Crippen LogP contribution in [-0.4, -0.2) is 21.7 Å². The summed E-state index contributed by atoms with van der Waals surface area (Å²) >= 11 is 4.95. The Kier molecular flexibility index (Phi) is 6.93. The Balaban J connectivity index is 1.72. The van der Waals surface area contributed by atoms with Gasteiger partial charge in [0.2, 0.25) is 5.91 Å². The first-order valence-corrected chi connectivity index (χ1v) is 13.2. The molecule has 0 saturated heterocycles. The predicted octanol–water partition coefficient (Wildman–Crippen LogP) is 4.87. The summed E-state index contributed by atoms with van der Waals surface area (Å²) in [4.78, 5) is 19.0. The summed E-state index contributed by atoms with van der Waals surface area (Å²) < 4.78 is 8.70. The molecule has 1 amide bonds. The van der Waals surface area contributed by atoms with Crippen LogP contribution in [0.5, 0.6) is 11.6 Å². The lowest BCUT2D eigenvalue weighted by atomic mass is 10.0. The zero-order valence-electron chi connectivity index (χ0n) is 19.7. The normalized spacial score (nSPS) is 14.2. The number of nitrogens with zero attached hydrogens (tertiary/aromatic N) is 4. The predicted molar refractivity (Wildman–Crippen MR) is 140 cm³/mol. The van der Waals surface area contributed by atoms with Gasteiger partial charge in [-0.1, -0.05) is 81.8 Å². The molecule has 2 heterocycles. The van der Waals surface area contributed by atoms with E-state index in [1.54, 1.807) is 9.58 Å². The van der Waals surface area contributed by atoms with E-state index in [0.717, 1.165) is 10.0 Å². The van der Waals surface area contributed by atoms with Crippen molar-refractivity contribution in [3.05, 3.63) is 88.4 Å². The van der Waals surface area contributed by atoms with Crippen molar-refractivity contribution in [2.24, 2.45) is 0 Å². The number of ether oxygens (including phenoxy) is 1. The Morgan fingerprint density at radius 1 is 1.14 bits per heavy atom. The molecule has 5 rings (SSSR count). The maximum absolute atomic E-state index is 13.3. The second kappa shape index (κ2) is 10.3. The van der Waals surface area contributed by atoms with Gasteiger partial charge < -0.3 is 9.84 Å². The molecule has 1 atom stereocenters. The second-order valence-corrected chi connectivity index (χ2v) is 10.3. The largest absolute Gasteiger partial charge is 0.854 e. The second-order valence-electron chi connectivity index (χ2n) is 8.16. The summed E-state index contributed by atoms with van der Waals surface area (Å²) in [6.07, 6.45) is -0.748. The van der Waals surface area contributed by atoms with Crippen LogP contribution in [0, 0.1) is 0 Å². The average Bonchev–Trinajstić information content (AvgIpc) is 2.87. The Morgan fingerprint density at radius 2 is 1.89 bits per heavy atom. The third-order valence-electron chi connectivity index (χ3n) is 5.82. The molecule has 1 aliphatic rings. The van der Waals surface area contributed by atoms with E-state index in [1.165, 1.54) is 18.7 Å². The Hall–Kier alpha value is -3.43. The molecule has 0 radical (unpaired) electrons. The van der Waals surface area contributed by atoms with Crippen molar-refractivity contribution in [2.45, 2.75) is 31.8 Å². The molecule has 182 valence electrons. The zero-order valence-corrected chi connectivity index (χ0v) is 22.1. The van der Waals surface area contributed by atoms with Gasteiger partial charge in [-0.3, -0.25) is 4.79 Å². The van der Waals surface area contributed by atoms with E-state index >= 15 is 0 Å². The topological polar surface area (TPSA) is 82.3 Å².